The van der Waals surface area contributed by atoms with E-state index in [0.717, 1.165) is 5.56 Å². The quantitative estimate of drug-likeness (QED) is 0.900. The summed E-state index contributed by atoms with van der Waals surface area (Å²) in [4.78, 5) is 27.3. The first-order valence-corrected chi connectivity index (χ1v) is 9.16. The van der Waals surface area contributed by atoms with E-state index >= 15 is 0 Å². The maximum atomic E-state index is 13.1. The molecule has 3 atom stereocenters. The molecule has 0 spiro atoms. The lowest BCUT2D eigenvalue weighted by Crippen LogP contribution is -2.59. The van der Waals surface area contributed by atoms with Crippen LogP contribution in [-0.4, -0.2) is 47.8 Å². The minimum absolute atomic E-state index is 0.0251. The monoisotopic (exact) mass is 360 g/mol. The Morgan fingerprint density at radius 3 is 2.69 bits per heavy atom. The number of alkyl carbamates (subject to hydrolysis) is 1. The smallest absolute Gasteiger partial charge is 0.408 e. The van der Waals surface area contributed by atoms with Gasteiger partial charge in [-0.2, -0.15) is 0 Å². The molecule has 2 heterocycles. The highest BCUT2D eigenvalue weighted by Gasteiger charge is 2.56. The molecule has 0 saturated carbocycles. The Morgan fingerprint density at radius 1 is 1.35 bits per heavy atom. The van der Waals surface area contributed by atoms with Gasteiger partial charge in [0.05, 0.1) is 24.1 Å². The first kappa shape index (κ1) is 18.7. The Kier molecular flexibility index (Phi) is 4.97. The highest BCUT2D eigenvalue weighted by molar-refractivity contribution is 5.85. The van der Waals surface area contributed by atoms with Crippen molar-refractivity contribution in [3.8, 4) is 0 Å². The van der Waals surface area contributed by atoms with Gasteiger partial charge in [0.15, 0.2) is 0 Å². The number of likely N-dealkylation sites (tertiary alicyclic amines) is 1. The summed E-state index contributed by atoms with van der Waals surface area (Å²) in [5, 5.41) is 3.01. The predicted octanol–water partition coefficient (Wildman–Crippen LogP) is 2.89. The van der Waals surface area contributed by atoms with Gasteiger partial charge in [-0.1, -0.05) is 30.3 Å². The molecule has 2 fully saturated rings. The number of amides is 2. The van der Waals surface area contributed by atoms with Crippen LogP contribution in [0.5, 0.6) is 0 Å². The predicted molar refractivity (Wildman–Crippen MR) is 97.6 cm³/mol. The summed E-state index contributed by atoms with van der Waals surface area (Å²) in [6, 6.07) is 9.87. The second-order valence-corrected chi connectivity index (χ2v) is 8.21. The average molecular weight is 360 g/mol. The van der Waals surface area contributed by atoms with Crippen molar-refractivity contribution in [3.63, 3.8) is 0 Å². The molecule has 1 N–H and O–H groups in total. The van der Waals surface area contributed by atoms with Crippen molar-refractivity contribution in [3.05, 3.63) is 35.9 Å². The summed E-state index contributed by atoms with van der Waals surface area (Å²) in [6.07, 6.45) is 0.118. The Morgan fingerprint density at radius 2 is 2.04 bits per heavy atom. The highest BCUT2D eigenvalue weighted by atomic mass is 16.6. The molecule has 2 saturated heterocycles. The summed E-state index contributed by atoms with van der Waals surface area (Å²) < 4.78 is 11.0. The van der Waals surface area contributed by atoms with E-state index in [9.17, 15) is 9.59 Å². The van der Waals surface area contributed by atoms with Gasteiger partial charge in [0, 0.05) is 13.2 Å². The molecule has 0 bridgehead atoms. The first-order valence-electron chi connectivity index (χ1n) is 9.16. The second kappa shape index (κ2) is 6.91. The minimum atomic E-state index is -0.638. The Labute approximate surface area is 154 Å². The fourth-order valence-corrected chi connectivity index (χ4v) is 3.80. The number of hydrogen-bond donors (Lipinski definition) is 1. The van der Waals surface area contributed by atoms with E-state index in [2.05, 4.69) is 5.32 Å². The van der Waals surface area contributed by atoms with Crippen molar-refractivity contribution in [2.24, 2.45) is 5.92 Å². The van der Waals surface area contributed by atoms with E-state index < -0.39 is 17.2 Å². The topological polar surface area (TPSA) is 67.9 Å². The van der Waals surface area contributed by atoms with E-state index in [0.29, 0.717) is 26.2 Å². The Balaban J connectivity index is 1.82. The molecule has 2 amide bonds. The molecule has 26 heavy (non-hydrogen) atoms. The maximum absolute atomic E-state index is 13.1. The van der Waals surface area contributed by atoms with E-state index in [1.165, 1.54) is 0 Å². The molecular weight excluding hydrogens is 332 g/mol. The normalized spacial score (nSPS) is 27.0. The molecule has 1 aromatic rings. The summed E-state index contributed by atoms with van der Waals surface area (Å²) >= 11 is 0. The minimum Gasteiger partial charge on any atom is -0.444 e. The van der Waals surface area contributed by atoms with Crippen molar-refractivity contribution < 1.29 is 19.1 Å². The van der Waals surface area contributed by atoms with Crippen molar-refractivity contribution in [1.82, 2.24) is 10.2 Å². The van der Waals surface area contributed by atoms with Gasteiger partial charge in [0.25, 0.3) is 0 Å². The molecule has 1 aromatic carbocycles. The van der Waals surface area contributed by atoms with Crippen molar-refractivity contribution in [1.29, 1.82) is 0 Å². The molecule has 2 aliphatic rings. The lowest BCUT2D eigenvalue weighted by molar-refractivity contribution is -0.136. The van der Waals surface area contributed by atoms with Crippen LogP contribution in [0.4, 0.5) is 4.79 Å². The van der Waals surface area contributed by atoms with E-state index in [-0.39, 0.29) is 17.9 Å². The Bertz CT molecular complexity index is 670. The fourth-order valence-electron chi connectivity index (χ4n) is 3.80. The van der Waals surface area contributed by atoms with Gasteiger partial charge in [0.2, 0.25) is 5.91 Å². The SMILES string of the molecule is C[C@H](c1ccccc1)N1C[C@]2(NC(=O)OC(C)(C)C)CCOC[C@@H]2C1=O. The number of carbonyl (C=O) groups excluding carboxylic acids is 2. The lowest BCUT2D eigenvalue weighted by Gasteiger charge is -2.38. The number of benzene rings is 1. The van der Waals surface area contributed by atoms with Crippen molar-refractivity contribution in [2.75, 3.05) is 19.8 Å². The molecule has 3 rings (SSSR count). The van der Waals surface area contributed by atoms with Gasteiger partial charge >= 0.3 is 6.09 Å². The van der Waals surface area contributed by atoms with Crippen LogP contribution in [0.2, 0.25) is 0 Å². The number of nitrogens with one attached hydrogen (secondary N) is 1. The number of rotatable bonds is 3. The second-order valence-electron chi connectivity index (χ2n) is 8.21. The lowest BCUT2D eigenvalue weighted by atomic mass is 9.83. The first-order chi connectivity index (χ1) is 12.2. The molecule has 0 radical (unpaired) electrons. The molecule has 2 aliphatic heterocycles. The number of fused-ring (bicyclic) bond motifs is 1. The van der Waals surface area contributed by atoms with E-state index in [1.807, 2.05) is 62.9 Å². The van der Waals surface area contributed by atoms with Crippen LogP contribution in [-0.2, 0) is 14.3 Å². The van der Waals surface area contributed by atoms with E-state index in [4.69, 9.17) is 9.47 Å². The molecule has 0 aromatic heterocycles. The third-order valence-corrected chi connectivity index (χ3v) is 5.18. The van der Waals surface area contributed by atoms with Gasteiger partial charge < -0.3 is 19.7 Å². The third kappa shape index (κ3) is 3.70. The van der Waals surface area contributed by atoms with Gasteiger partial charge in [-0.25, -0.2) is 4.79 Å². The average Bonchev–Trinajstić information content (AvgIpc) is 2.86. The van der Waals surface area contributed by atoms with Gasteiger partial charge in [-0.05, 0) is 39.7 Å². The van der Waals surface area contributed by atoms with Crippen LogP contribution in [0.3, 0.4) is 0 Å². The van der Waals surface area contributed by atoms with Crippen molar-refractivity contribution in [2.45, 2.75) is 51.3 Å². The number of nitrogens with zero attached hydrogens (tertiary/aromatic N) is 1. The van der Waals surface area contributed by atoms with Gasteiger partial charge in [-0.3, -0.25) is 4.79 Å². The largest absolute Gasteiger partial charge is 0.444 e. The molecule has 142 valence electrons. The van der Waals surface area contributed by atoms with Gasteiger partial charge in [0.1, 0.15) is 5.60 Å². The summed E-state index contributed by atoms with van der Waals surface area (Å²) in [5.74, 6) is -0.355. The number of hydrogen-bond acceptors (Lipinski definition) is 4. The third-order valence-electron chi connectivity index (χ3n) is 5.18. The molecular formula is C20H28N2O4. The molecule has 0 unspecified atom stereocenters. The van der Waals surface area contributed by atoms with Crippen LogP contribution in [0, 0.1) is 5.92 Å². The molecule has 6 heteroatoms. The van der Waals surface area contributed by atoms with Crippen LogP contribution in [0.25, 0.3) is 0 Å². The zero-order valence-corrected chi connectivity index (χ0v) is 16.0. The number of ether oxygens (including phenoxy) is 2. The summed E-state index contributed by atoms with van der Waals surface area (Å²) in [7, 11) is 0. The highest BCUT2D eigenvalue weighted by Crippen LogP contribution is 2.39. The van der Waals surface area contributed by atoms with Crippen molar-refractivity contribution >= 4 is 12.0 Å². The molecule has 0 aliphatic carbocycles. The van der Waals surface area contributed by atoms with Crippen LogP contribution >= 0.6 is 0 Å². The standard InChI is InChI=1S/C20H28N2O4/c1-14(15-8-6-5-7-9-15)22-13-20(21-18(24)26-19(2,3)4)10-11-25-12-16(20)17(22)23/h5-9,14,16H,10-13H2,1-4H3,(H,21,24)/t14-,16-,20-/m1/s1. The zero-order valence-electron chi connectivity index (χ0n) is 16.0. The maximum Gasteiger partial charge on any atom is 0.408 e. The van der Waals surface area contributed by atoms with E-state index in [1.54, 1.807) is 0 Å². The number of carbonyl (C=O) groups is 2. The van der Waals surface area contributed by atoms with Crippen LogP contribution in [0.15, 0.2) is 30.3 Å². The summed E-state index contributed by atoms with van der Waals surface area (Å²) in [6.45, 7) is 8.82. The Hall–Kier alpha value is -2.08. The van der Waals surface area contributed by atoms with Gasteiger partial charge in [-0.15, -0.1) is 0 Å². The zero-order chi connectivity index (χ0) is 18.9. The van der Waals surface area contributed by atoms with Crippen LogP contribution < -0.4 is 5.32 Å². The summed E-state index contributed by atoms with van der Waals surface area (Å²) in [5.41, 5.74) is -0.144. The molecule has 6 nitrogen and oxygen atoms in total. The fraction of sp³-hybridized carbons (Fsp3) is 0.600. The van der Waals surface area contributed by atoms with Crippen LogP contribution in [0.1, 0.15) is 45.7 Å².